The summed E-state index contributed by atoms with van der Waals surface area (Å²) in [4.78, 5) is 15.2. The van der Waals surface area contributed by atoms with Crippen LogP contribution in [0.3, 0.4) is 0 Å². The normalized spacial score (nSPS) is 11.1. The molecule has 5 heteroatoms. The molecular weight excluding hydrogens is 298 g/mol. The van der Waals surface area contributed by atoms with Gasteiger partial charge in [-0.25, -0.2) is 9.78 Å². The lowest BCUT2D eigenvalue weighted by molar-refractivity contribution is 0.0702. The van der Waals surface area contributed by atoms with Crippen LogP contribution in [0.15, 0.2) is 42.6 Å². The number of methoxy groups -OCH3 is 1. The van der Waals surface area contributed by atoms with E-state index in [0.717, 1.165) is 33.4 Å². The molecule has 4 nitrogen and oxygen atoms in total. The molecule has 0 fully saturated rings. The van der Waals surface area contributed by atoms with E-state index in [2.05, 4.69) is 4.98 Å². The van der Waals surface area contributed by atoms with Gasteiger partial charge in [-0.05, 0) is 23.1 Å². The number of carboxylic acids is 1. The number of hydrogen-bond acceptors (Lipinski definition) is 4. The van der Waals surface area contributed by atoms with E-state index < -0.39 is 5.97 Å². The van der Waals surface area contributed by atoms with Crippen LogP contribution in [0.1, 0.15) is 20.2 Å². The number of benzene rings is 2. The van der Waals surface area contributed by atoms with Crippen LogP contribution >= 0.6 is 11.3 Å². The summed E-state index contributed by atoms with van der Waals surface area (Å²) >= 11 is 1.15. The molecular formula is C17H13NO3S. The molecule has 0 saturated heterocycles. The van der Waals surface area contributed by atoms with E-state index >= 15 is 0 Å². The van der Waals surface area contributed by atoms with E-state index in [9.17, 15) is 4.79 Å². The van der Waals surface area contributed by atoms with Crippen molar-refractivity contribution in [2.24, 2.45) is 0 Å². The maximum atomic E-state index is 10.9. The van der Waals surface area contributed by atoms with E-state index in [1.165, 1.54) is 6.20 Å². The fraction of sp³-hybridized carbons (Fsp3) is 0.0588. The van der Waals surface area contributed by atoms with Crippen molar-refractivity contribution < 1.29 is 14.6 Å². The molecule has 0 spiro atoms. The second kappa shape index (κ2) is 5.99. The average Bonchev–Trinajstić information content (AvgIpc) is 3.02. The molecule has 3 aromatic rings. The molecule has 3 rings (SSSR count). The van der Waals surface area contributed by atoms with Crippen LogP contribution < -0.4 is 4.74 Å². The fourth-order valence-corrected chi connectivity index (χ4v) is 2.90. The topological polar surface area (TPSA) is 59.4 Å². The minimum atomic E-state index is -0.952. The van der Waals surface area contributed by atoms with Crippen LogP contribution in [-0.2, 0) is 0 Å². The highest BCUT2D eigenvalue weighted by atomic mass is 32.1. The summed E-state index contributed by atoms with van der Waals surface area (Å²) in [6.07, 6.45) is 5.14. The molecule has 0 amide bonds. The molecule has 0 radical (unpaired) electrons. The number of thiazole rings is 1. The third-order valence-electron chi connectivity index (χ3n) is 3.28. The molecule has 1 N–H and O–H groups in total. The number of rotatable bonds is 4. The zero-order chi connectivity index (χ0) is 15.5. The number of aromatic nitrogens is 1. The number of aromatic carboxylic acids is 1. The first-order valence-electron chi connectivity index (χ1n) is 6.62. The molecule has 0 aliphatic heterocycles. The summed E-state index contributed by atoms with van der Waals surface area (Å²) in [6.45, 7) is 0. The van der Waals surface area contributed by atoms with E-state index in [1.807, 2.05) is 48.6 Å². The van der Waals surface area contributed by atoms with Crippen molar-refractivity contribution in [1.82, 2.24) is 4.98 Å². The van der Waals surface area contributed by atoms with Gasteiger partial charge < -0.3 is 9.84 Å². The predicted molar refractivity (Wildman–Crippen MR) is 88.5 cm³/mol. The first kappa shape index (κ1) is 14.3. The van der Waals surface area contributed by atoms with E-state index in [0.29, 0.717) is 5.01 Å². The van der Waals surface area contributed by atoms with Crippen molar-refractivity contribution in [2.75, 3.05) is 7.11 Å². The quantitative estimate of drug-likeness (QED) is 0.785. The standard InChI is InChI=1S/C17H13NO3S/c1-21-14-8-6-11(12-4-2-3-5-13(12)14)7-9-16-18-10-15(22-16)17(19)20/h2-10H,1H3,(H,19,20)/b9-7+. The number of fused-ring (bicyclic) bond motifs is 1. The second-order valence-corrected chi connectivity index (χ2v) is 5.67. The van der Waals surface area contributed by atoms with Crippen LogP contribution in [0.2, 0.25) is 0 Å². The monoisotopic (exact) mass is 311 g/mol. The van der Waals surface area contributed by atoms with E-state index in [-0.39, 0.29) is 4.88 Å². The molecule has 1 aromatic heterocycles. The molecule has 0 atom stereocenters. The lowest BCUT2D eigenvalue weighted by Crippen LogP contribution is -1.89. The SMILES string of the molecule is COc1ccc(/C=C/c2ncc(C(=O)O)s2)c2ccccc12. The molecule has 0 aliphatic rings. The molecule has 2 aromatic carbocycles. The first-order valence-corrected chi connectivity index (χ1v) is 7.43. The van der Waals surface area contributed by atoms with Crippen LogP contribution in [0, 0.1) is 0 Å². The van der Waals surface area contributed by atoms with Gasteiger partial charge in [0.05, 0.1) is 13.3 Å². The lowest BCUT2D eigenvalue weighted by atomic mass is 10.0. The fourth-order valence-electron chi connectivity index (χ4n) is 2.24. The van der Waals surface area contributed by atoms with Crippen LogP contribution in [0.25, 0.3) is 22.9 Å². The second-order valence-electron chi connectivity index (χ2n) is 4.60. The summed E-state index contributed by atoms with van der Waals surface area (Å²) < 4.78 is 5.38. The molecule has 0 bridgehead atoms. The van der Waals surface area contributed by atoms with Crippen molar-refractivity contribution in [3.8, 4) is 5.75 Å². The van der Waals surface area contributed by atoms with Gasteiger partial charge >= 0.3 is 5.97 Å². The van der Waals surface area contributed by atoms with Gasteiger partial charge in [-0.1, -0.05) is 36.4 Å². The molecule has 0 saturated carbocycles. The summed E-state index contributed by atoms with van der Waals surface area (Å²) in [5.41, 5.74) is 1.03. The Morgan fingerprint density at radius 2 is 1.95 bits per heavy atom. The molecule has 22 heavy (non-hydrogen) atoms. The number of carbonyl (C=O) groups is 1. The zero-order valence-corrected chi connectivity index (χ0v) is 12.6. The Kier molecular flexibility index (Phi) is 3.89. The Bertz CT molecular complexity index is 867. The van der Waals surface area contributed by atoms with Crippen LogP contribution in [0.5, 0.6) is 5.75 Å². The minimum absolute atomic E-state index is 0.235. The third-order valence-corrected chi connectivity index (χ3v) is 4.23. The molecule has 1 heterocycles. The first-order chi connectivity index (χ1) is 10.7. The molecule has 0 unspecified atom stereocenters. The van der Waals surface area contributed by atoms with Crippen LogP contribution in [0.4, 0.5) is 0 Å². The summed E-state index contributed by atoms with van der Waals surface area (Å²) in [5.74, 6) is -0.123. The van der Waals surface area contributed by atoms with Gasteiger partial charge in [0.1, 0.15) is 15.6 Å². The molecule has 110 valence electrons. The Balaban J connectivity index is 1.99. The van der Waals surface area contributed by atoms with Gasteiger partial charge in [0.25, 0.3) is 0 Å². The van der Waals surface area contributed by atoms with E-state index in [1.54, 1.807) is 7.11 Å². The Hall–Kier alpha value is -2.66. The minimum Gasteiger partial charge on any atom is -0.496 e. The van der Waals surface area contributed by atoms with Crippen molar-refractivity contribution in [1.29, 1.82) is 0 Å². The highest BCUT2D eigenvalue weighted by Crippen LogP contribution is 2.29. The smallest absolute Gasteiger partial charge is 0.347 e. The van der Waals surface area contributed by atoms with Gasteiger partial charge in [-0.3, -0.25) is 0 Å². The third kappa shape index (κ3) is 2.71. The van der Waals surface area contributed by atoms with Crippen molar-refractivity contribution in [2.45, 2.75) is 0 Å². The number of ether oxygens (including phenoxy) is 1. The lowest BCUT2D eigenvalue weighted by Gasteiger charge is -2.07. The molecule has 0 aliphatic carbocycles. The predicted octanol–water partition coefficient (Wildman–Crippen LogP) is 4.17. The summed E-state index contributed by atoms with van der Waals surface area (Å²) in [5, 5.41) is 11.7. The number of nitrogens with zero attached hydrogens (tertiary/aromatic N) is 1. The van der Waals surface area contributed by atoms with Gasteiger partial charge in [-0.2, -0.15) is 0 Å². The maximum Gasteiger partial charge on any atom is 0.347 e. The van der Waals surface area contributed by atoms with Crippen molar-refractivity contribution in [3.05, 3.63) is 58.0 Å². The van der Waals surface area contributed by atoms with Crippen molar-refractivity contribution in [3.63, 3.8) is 0 Å². The Morgan fingerprint density at radius 1 is 1.18 bits per heavy atom. The van der Waals surface area contributed by atoms with Gasteiger partial charge in [-0.15, -0.1) is 11.3 Å². The largest absolute Gasteiger partial charge is 0.496 e. The van der Waals surface area contributed by atoms with Gasteiger partial charge in [0.2, 0.25) is 0 Å². The summed E-state index contributed by atoms with van der Waals surface area (Å²) in [7, 11) is 1.65. The highest BCUT2D eigenvalue weighted by molar-refractivity contribution is 7.14. The van der Waals surface area contributed by atoms with Crippen molar-refractivity contribution >= 4 is 40.2 Å². The highest BCUT2D eigenvalue weighted by Gasteiger charge is 2.07. The maximum absolute atomic E-state index is 10.9. The van der Waals surface area contributed by atoms with Gasteiger partial charge in [0, 0.05) is 5.39 Å². The number of hydrogen-bond donors (Lipinski definition) is 1. The van der Waals surface area contributed by atoms with E-state index in [4.69, 9.17) is 9.84 Å². The Morgan fingerprint density at radius 3 is 2.64 bits per heavy atom. The Labute approximate surface area is 131 Å². The average molecular weight is 311 g/mol. The van der Waals surface area contributed by atoms with Gasteiger partial charge in [0.15, 0.2) is 0 Å². The summed E-state index contributed by atoms with van der Waals surface area (Å²) in [6, 6.07) is 11.9. The number of carboxylic acid groups (broad SMARTS) is 1. The zero-order valence-electron chi connectivity index (χ0n) is 11.8. The van der Waals surface area contributed by atoms with Crippen LogP contribution in [-0.4, -0.2) is 23.2 Å².